The summed E-state index contributed by atoms with van der Waals surface area (Å²) in [7, 11) is 1.97. The van der Waals surface area contributed by atoms with Crippen LogP contribution in [0.4, 0.5) is 0 Å². The molecule has 5 fully saturated rings. The van der Waals surface area contributed by atoms with Crippen LogP contribution in [-0.4, -0.2) is 73.8 Å². The van der Waals surface area contributed by atoms with E-state index < -0.39 is 0 Å². The van der Waals surface area contributed by atoms with Gasteiger partial charge in [-0.2, -0.15) is 0 Å². The number of fused-ring (bicyclic) bond motifs is 2. The molecule has 0 bridgehead atoms. The molecule has 5 heteroatoms. The molecule has 0 aromatic carbocycles. The number of nitrogens with zero attached hydrogens (tertiary/aromatic N) is 3. The highest BCUT2D eigenvalue weighted by atomic mass is 16.5. The van der Waals surface area contributed by atoms with Gasteiger partial charge in [0.15, 0.2) is 5.96 Å². The number of likely N-dealkylation sites (tertiary alicyclic amines) is 2. The Morgan fingerprint density at radius 2 is 1.88 bits per heavy atom. The van der Waals surface area contributed by atoms with E-state index in [1.165, 1.54) is 64.5 Å². The Labute approximate surface area is 152 Å². The minimum atomic E-state index is 0.408. The fourth-order valence-corrected chi connectivity index (χ4v) is 6.68. The summed E-state index contributed by atoms with van der Waals surface area (Å²) in [4.78, 5) is 9.92. The molecule has 2 aliphatic carbocycles. The molecule has 0 radical (unpaired) electrons. The van der Waals surface area contributed by atoms with Crippen molar-refractivity contribution in [1.29, 1.82) is 0 Å². The Bertz CT molecular complexity index is 524. The number of nitrogens with one attached hydrogen (secondary N) is 1. The standard InChI is InChI=1S/C20H34N4O/c1-21-19(24-12-6-15(14-24)23-10-4-5-11-23)22-17-16-7-13-25-18(16)20(17)8-2-3-9-20/h15-18H,2-14H2,1H3,(H,21,22). The lowest BCUT2D eigenvalue weighted by molar-refractivity contribution is -0.125. The van der Waals surface area contributed by atoms with Gasteiger partial charge in [-0.15, -0.1) is 0 Å². The van der Waals surface area contributed by atoms with Crippen LogP contribution in [0.1, 0.15) is 51.4 Å². The van der Waals surface area contributed by atoms with E-state index in [1.54, 1.807) is 0 Å². The zero-order chi connectivity index (χ0) is 16.9. The molecule has 0 amide bonds. The van der Waals surface area contributed by atoms with Crippen molar-refractivity contribution < 1.29 is 4.74 Å². The highest BCUT2D eigenvalue weighted by Gasteiger charge is 2.65. The fourth-order valence-electron chi connectivity index (χ4n) is 6.68. The topological polar surface area (TPSA) is 40.1 Å². The second-order valence-corrected chi connectivity index (χ2v) is 8.99. The Balaban J connectivity index is 1.26. The maximum absolute atomic E-state index is 6.15. The first-order chi connectivity index (χ1) is 12.3. The predicted octanol–water partition coefficient (Wildman–Crippen LogP) is 2.08. The summed E-state index contributed by atoms with van der Waals surface area (Å²) in [6.07, 6.45) is 11.3. The van der Waals surface area contributed by atoms with Crippen LogP contribution in [0.15, 0.2) is 4.99 Å². The first-order valence-electron chi connectivity index (χ1n) is 10.7. The summed E-state index contributed by atoms with van der Waals surface area (Å²) < 4.78 is 6.15. The summed E-state index contributed by atoms with van der Waals surface area (Å²) in [6.45, 7) is 5.89. The van der Waals surface area contributed by atoms with Gasteiger partial charge < -0.3 is 15.0 Å². The average molecular weight is 347 g/mol. The van der Waals surface area contributed by atoms with Crippen molar-refractivity contribution in [2.75, 3.05) is 39.8 Å². The van der Waals surface area contributed by atoms with Crippen molar-refractivity contribution in [3.05, 3.63) is 0 Å². The van der Waals surface area contributed by atoms with E-state index in [4.69, 9.17) is 9.73 Å². The van der Waals surface area contributed by atoms with Crippen LogP contribution in [0.2, 0.25) is 0 Å². The van der Waals surface area contributed by atoms with Gasteiger partial charge in [0.25, 0.3) is 0 Å². The van der Waals surface area contributed by atoms with Crippen LogP contribution >= 0.6 is 0 Å². The van der Waals surface area contributed by atoms with Crippen molar-refractivity contribution >= 4 is 5.96 Å². The quantitative estimate of drug-likeness (QED) is 0.614. The van der Waals surface area contributed by atoms with Crippen molar-refractivity contribution in [3.63, 3.8) is 0 Å². The van der Waals surface area contributed by atoms with E-state index >= 15 is 0 Å². The van der Waals surface area contributed by atoms with Crippen LogP contribution in [-0.2, 0) is 4.74 Å². The van der Waals surface area contributed by atoms with Crippen LogP contribution in [0, 0.1) is 11.3 Å². The first kappa shape index (κ1) is 16.4. The fraction of sp³-hybridized carbons (Fsp3) is 0.950. The van der Waals surface area contributed by atoms with Crippen molar-refractivity contribution in [1.82, 2.24) is 15.1 Å². The number of aliphatic imine (C=N–C) groups is 1. The molecule has 3 saturated heterocycles. The number of hydrogen-bond donors (Lipinski definition) is 1. The second kappa shape index (κ2) is 6.41. The number of ether oxygens (including phenoxy) is 1. The molecule has 2 saturated carbocycles. The van der Waals surface area contributed by atoms with E-state index in [0.717, 1.165) is 31.7 Å². The lowest BCUT2D eigenvalue weighted by Gasteiger charge is -2.57. The van der Waals surface area contributed by atoms with Gasteiger partial charge in [-0.25, -0.2) is 0 Å². The lowest BCUT2D eigenvalue weighted by Crippen LogP contribution is -2.69. The predicted molar refractivity (Wildman–Crippen MR) is 99.8 cm³/mol. The van der Waals surface area contributed by atoms with Gasteiger partial charge in [0.05, 0.1) is 6.10 Å². The molecule has 4 unspecified atom stereocenters. The molecular weight excluding hydrogens is 312 g/mol. The number of rotatable bonds is 2. The van der Waals surface area contributed by atoms with Crippen LogP contribution < -0.4 is 5.32 Å². The van der Waals surface area contributed by atoms with Gasteiger partial charge >= 0.3 is 0 Å². The Kier molecular flexibility index (Phi) is 4.20. The third kappa shape index (κ3) is 2.53. The van der Waals surface area contributed by atoms with Gasteiger partial charge in [-0.3, -0.25) is 9.89 Å². The summed E-state index contributed by atoms with van der Waals surface area (Å²) in [6, 6.07) is 1.33. The second-order valence-electron chi connectivity index (χ2n) is 8.99. The Morgan fingerprint density at radius 3 is 2.64 bits per heavy atom. The lowest BCUT2D eigenvalue weighted by atomic mass is 9.54. The summed E-state index contributed by atoms with van der Waals surface area (Å²) in [5.41, 5.74) is 0.408. The molecule has 1 spiro atoms. The molecule has 4 atom stereocenters. The maximum atomic E-state index is 6.15. The first-order valence-corrected chi connectivity index (χ1v) is 10.7. The van der Waals surface area contributed by atoms with Gasteiger partial charge in [0.1, 0.15) is 0 Å². The highest BCUT2D eigenvalue weighted by Crippen LogP contribution is 2.60. The molecule has 3 aliphatic heterocycles. The van der Waals surface area contributed by atoms with E-state index in [0.29, 0.717) is 23.5 Å². The van der Waals surface area contributed by atoms with E-state index in [2.05, 4.69) is 15.1 Å². The highest BCUT2D eigenvalue weighted by molar-refractivity contribution is 5.81. The van der Waals surface area contributed by atoms with E-state index in [1.807, 2.05) is 7.05 Å². The van der Waals surface area contributed by atoms with Crippen LogP contribution in [0.3, 0.4) is 0 Å². The molecule has 5 aliphatic rings. The van der Waals surface area contributed by atoms with Crippen molar-refractivity contribution in [2.24, 2.45) is 16.3 Å². The van der Waals surface area contributed by atoms with Crippen molar-refractivity contribution in [2.45, 2.75) is 69.6 Å². The molecular formula is C20H34N4O. The maximum Gasteiger partial charge on any atom is 0.193 e. The van der Waals surface area contributed by atoms with Crippen molar-refractivity contribution in [3.8, 4) is 0 Å². The molecule has 3 heterocycles. The molecule has 140 valence electrons. The summed E-state index contributed by atoms with van der Waals surface area (Å²) in [5.74, 6) is 1.87. The monoisotopic (exact) mass is 346 g/mol. The van der Waals surface area contributed by atoms with Crippen LogP contribution in [0.5, 0.6) is 0 Å². The third-order valence-electron chi connectivity index (χ3n) is 7.90. The number of guanidine groups is 1. The number of hydrogen-bond acceptors (Lipinski definition) is 3. The largest absolute Gasteiger partial charge is 0.377 e. The van der Waals surface area contributed by atoms with Gasteiger partial charge in [-0.05, 0) is 51.6 Å². The molecule has 0 aromatic rings. The minimum Gasteiger partial charge on any atom is -0.377 e. The summed E-state index contributed by atoms with van der Waals surface area (Å²) >= 11 is 0. The smallest absolute Gasteiger partial charge is 0.193 e. The zero-order valence-corrected chi connectivity index (χ0v) is 15.8. The molecule has 5 nitrogen and oxygen atoms in total. The zero-order valence-electron chi connectivity index (χ0n) is 15.8. The van der Waals surface area contributed by atoms with E-state index in [-0.39, 0.29) is 0 Å². The SMILES string of the molecule is CN=C(NC1C2CCOC2C12CCCC2)N1CCC(N2CCCC2)C1. The normalized spacial score (nSPS) is 40.7. The van der Waals surface area contributed by atoms with Gasteiger partial charge in [-0.1, -0.05) is 12.8 Å². The minimum absolute atomic E-state index is 0.408. The Hall–Kier alpha value is -0.810. The Morgan fingerprint density at radius 1 is 1.08 bits per heavy atom. The van der Waals surface area contributed by atoms with Gasteiger partial charge in [0, 0.05) is 50.2 Å². The average Bonchev–Trinajstić information content (AvgIpc) is 3.40. The van der Waals surface area contributed by atoms with Gasteiger partial charge in [0.2, 0.25) is 0 Å². The van der Waals surface area contributed by atoms with E-state index in [9.17, 15) is 0 Å². The third-order valence-corrected chi connectivity index (χ3v) is 7.90. The van der Waals surface area contributed by atoms with Crippen LogP contribution in [0.25, 0.3) is 0 Å². The molecule has 1 N–H and O–H groups in total. The molecule has 25 heavy (non-hydrogen) atoms. The molecule has 0 aromatic heterocycles. The molecule has 5 rings (SSSR count). The summed E-state index contributed by atoms with van der Waals surface area (Å²) in [5, 5.41) is 3.94.